The molecule has 0 saturated heterocycles. The fourth-order valence-electron chi connectivity index (χ4n) is 1.56. The molecule has 1 N–H and O–H groups in total. The van der Waals surface area contributed by atoms with Crippen LogP contribution >= 0.6 is 12.4 Å². The number of nitrogens with zero attached hydrogens (tertiary/aromatic N) is 1. The van der Waals surface area contributed by atoms with Crippen molar-refractivity contribution in [3.05, 3.63) is 59.9 Å². The lowest BCUT2D eigenvalue weighted by atomic mass is 10.2. The summed E-state index contributed by atoms with van der Waals surface area (Å²) in [6, 6.07) is 10.1. The quantitative estimate of drug-likeness (QED) is 0.871. The summed E-state index contributed by atoms with van der Waals surface area (Å²) < 4.78 is 34.4. The Kier molecular flexibility index (Phi) is 5.80. The lowest BCUT2D eigenvalue weighted by Gasteiger charge is -2.05. The van der Waals surface area contributed by atoms with Crippen molar-refractivity contribution in [2.75, 3.05) is 0 Å². The third-order valence-corrected chi connectivity index (χ3v) is 3.35. The van der Waals surface area contributed by atoms with E-state index in [1.165, 1.54) is 12.1 Å². The summed E-state index contributed by atoms with van der Waals surface area (Å²) in [5.74, 6) is -0.499. The smallest absolute Gasteiger partial charge is 0.332 e. The van der Waals surface area contributed by atoms with Crippen LogP contribution < -0.4 is 5.32 Å². The molecule has 0 aliphatic rings. The molecule has 0 bridgehead atoms. The van der Waals surface area contributed by atoms with Gasteiger partial charge in [0.25, 0.3) is 5.91 Å². The Hall–Kier alpha value is -1.99. The number of hydrogen-bond donors (Lipinski definition) is 1. The summed E-state index contributed by atoms with van der Waals surface area (Å²) in [4.78, 5) is 15.3. The number of carbonyl (C=O) groups excluding carboxylic acids is 1. The van der Waals surface area contributed by atoms with Gasteiger partial charge in [-0.15, -0.1) is 16.3 Å². The van der Waals surface area contributed by atoms with Crippen LogP contribution in [-0.2, 0) is 16.8 Å². The Morgan fingerprint density at radius 2 is 1.95 bits per heavy atom. The van der Waals surface area contributed by atoms with Gasteiger partial charge >= 0.3 is 10.2 Å². The Labute approximate surface area is 127 Å². The third-order valence-electron chi connectivity index (χ3n) is 2.53. The number of pyridine rings is 1. The number of carbonyl (C=O) groups is 1. The monoisotopic (exact) mass is 330 g/mol. The summed E-state index contributed by atoms with van der Waals surface area (Å²) in [7, 11) is -4.82. The Morgan fingerprint density at radius 3 is 2.57 bits per heavy atom. The molecular weight excluding hydrogens is 319 g/mol. The van der Waals surface area contributed by atoms with Crippen LogP contribution in [0, 0.1) is 0 Å². The highest BCUT2D eigenvalue weighted by molar-refractivity contribution is 7.86. The molecule has 0 radical (unpaired) electrons. The number of nitrogens with one attached hydrogen (secondary N) is 1. The molecule has 0 spiro atoms. The number of amides is 1. The highest BCUT2D eigenvalue weighted by Crippen LogP contribution is 2.14. The van der Waals surface area contributed by atoms with Crippen molar-refractivity contribution in [1.29, 1.82) is 0 Å². The van der Waals surface area contributed by atoms with Crippen LogP contribution in [0.2, 0.25) is 0 Å². The van der Waals surface area contributed by atoms with Gasteiger partial charge in [0.05, 0.1) is 17.1 Å². The van der Waals surface area contributed by atoms with Gasteiger partial charge in [-0.3, -0.25) is 9.78 Å². The molecule has 5 nitrogen and oxygen atoms in total. The molecule has 0 fully saturated rings. The van der Waals surface area contributed by atoms with Gasteiger partial charge in [0.1, 0.15) is 0 Å². The predicted molar refractivity (Wildman–Crippen MR) is 77.4 cm³/mol. The van der Waals surface area contributed by atoms with Crippen LogP contribution in [0.3, 0.4) is 0 Å². The first-order chi connectivity index (χ1) is 9.47. The van der Waals surface area contributed by atoms with Gasteiger partial charge < -0.3 is 5.32 Å². The second-order valence-electron chi connectivity index (χ2n) is 3.97. The topological polar surface area (TPSA) is 76.1 Å². The number of benzene rings is 1. The van der Waals surface area contributed by atoms with E-state index in [4.69, 9.17) is 0 Å². The van der Waals surface area contributed by atoms with Gasteiger partial charge in [-0.2, -0.15) is 8.42 Å². The Bertz CT molecular complexity index is 723. The minimum absolute atomic E-state index is 0. The van der Waals surface area contributed by atoms with E-state index in [0.717, 1.165) is 12.1 Å². The van der Waals surface area contributed by atoms with E-state index < -0.39 is 21.0 Å². The predicted octanol–water partition coefficient (Wildman–Crippen LogP) is 2.09. The molecule has 0 atom stereocenters. The van der Waals surface area contributed by atoms with Gasteiger partial charge in [0.15, 0.2) is 0 Å². The number of aromatic nitrogens is 1. The average molecular weight is 331 g/mol. The van der Waals surface area contributed by atoms with E-state index in [9.17, 15) is 17.1 Å². The zero-order chi connectivity index (χ0) is 14.6. The molecule has 21 heavy (non-hydrogen) atoms. The van der Waals surface area contributed by atoms with Crippen LogP contribution in [0.15, 0.2) is 53.6 Å². The van der Waals surface area contributed by atoms with Crippen LogP contribution in [0.4, 0.5) is 3.89 Å². The third kappa shape index (κ3) is 4.80. The summed E-state index contributed by atoms with van der Waals surface area (Å²) in [6.45, 7) is 0.201. The highest BCUT2D eigenvalue weighted by Gasteiger charge is 2.14. The molecular formula is C13H12ClFN2O3S. The van der Waals surface area contributed by atoms with Gasteiger partial charge in [-0.05, 0) is 30.3 Å². The van der Waals surface area contributed by atoms with Crippen molar-refractivity contribution in [1.82, 2.24) is 10.3 Å². The van der Waals surface area contributed by atoms with E-state index in [1.807, 2.05) is 0 Å². The number of halogens is 2. The van der Waals surface area contributed by atoms with Gasteiger partial charge in [-0.25, -0.2) is 0 Å². The van der Waals surface area contributed by atoms with Crippen molar-refractivity contribution in [2.45, 2.75) is 11.4 Å². The molecule has 1 heterocycles. The fourth-order valence-corrected chi connectivity index (χ4v) is 2.07. The van der Waals surface area contributed by atoms with E-state index in [1.54, 1.807) is 24.4 Å². The Morgan fingerprint density at radius 1 is 1.19 bits per heavy atom. The van der Waals surface area contributed by atoms with Gasteiger partial charge in [-0.1, -0.05) is 12.1 Å². The first-order valence-corrected chi connectivity index (χ1v) is 7.08. The minimum atomic E-state index is -4.82. The number of rotatable bonds is 4. The van der Waals surface area contributed by atoms with Gasteiger partial charge in [0.2, 0.25) is 0 Å². The zero-order valence-corrected chi connectivity index (χ0v) is 12.3. The van der Waals surface area contributed by atoms with E-state index in [2.05, 4.69) is 10.3 Å². The minimum Gasteiger partial charge on any atom is -0.346 e. The van der Waals surface area contributed by atoms with Gasteiger partial charge in [0, 0.05) is 11.8 Å². The molecule has 112 valence electrons. The van der Waals surface area contributed by atoms with E-state index in [0.29, 0.717) is 5.69 Å². The first-order valence-electron chi connectivity index (χ1n) is 5.69. The van der Waals surface area contributed by atoms with E-state index in [-0.39, 0.29) is 24.5 Å². The summed E-state index contributed by atoms with van der Waals surface area (Å²) in [5.41, 5.74) is 0.731. The van der Waals surface area contributed by atoms with Crippen molar-refractivity contribution in [3.63, 3.8) is 0 Å². The average Bonchev–Trinajstić information content (AvgIpc) is 2.45. The molecule has 0 saturated carbocycles. The van der Waals surface area contributed by atoms with Crippen LogP contribution in [0.5, 0.6) is 0 Å². The molecule has 0 aliphatic carbocycles. The normalized spacial score (nSPS) is 10.5. The fraction of sp³-hybridized carbons (Fsp3) is 0.0769. The second-order valence-corrected chi connectivity index (χ2v) is 5.32. The Balaban J connectivity index is 0.00000220. The van der Waals surface area contributed by atoms with Crippen molar-refractivity contribution >= 4 is 28.5 Å². The standard InChI is InChI=1S/C13H11FN2O3S.ClH/c14-20(18,19)12-6-3-4-10(8-12)13(17)16-9-11-5-1-2-7-15-11;/h1-8H,9H2,(H,16,17);1H. The van der Waals surface area contributed by atoms with Crippen LogP contribution in [-0.4, -0.2) is 19.3 Å². The molecule has 0 unspecified atom stereocenters. The SMILES string of the molecule is Cl.O=C(NCc1ccccn1)c1cccc(S(=O)(=O)F)c1. The van der Waals surface area contributed by atoms with Crippen molar-refractivity contribution in [3.8, 4) is 0 Å². The largest absolute Gasteiger partial charge is 0.346 e. The van der Waals surface area contributed by atoms with Crippen molar-refractivity contribution < 1.29 is 17.1 Å². The molecule has 8 heteroatoms. The van der Waals surface area contributed by atoms with E-state index >= 15 is 0 Å². The summed E-state index contributed by atoms with van der Waals surface area (Å²) >= 11 is 0. The lowest BCUT2D eigenvalue weighted by molar-refractivity contribution is 0.0950. The molecule has 0 aliphatic heterocycles. The molecule has 2 aromatic rings. The summed E-state index contributed by atoms with van der Waals surface area (Å²) in [5, 5.41) is 2.58. The van der Waals surface area contributed by atoms with Crippen molar-refractivity contribution in [2.24, 2.45) is 0 Å². The zero-order valence-electron chi connectivity index (χ0n) is 10.7. The first kappa shape index (κ1) is 17.1. The second kappa shape index (κ2) is 7.14. The van der Waals surface area contributed by atoms with Crippen LogP contribution in [0.25, 0.3) is 0 Å². The molecule has 2 rings (SSSR count). The lowest BCUT2D eigenvalue weighted by Crippen LogP contribution is -2.23. The molecule has 1 amide bonds. The molecule has 1 aromatic carbocycles. The maximum atomic E-state index is 12.8. The highest BCUT2D eigenvalue weighted by atomic mass is 35.5. The maximum absolute atomic E-state index is 12.8. The van der Waals surface area contributed by atoms with Crippen LogP contribution in [0.1, 0.15) is 16.1 Å². The molecule has 1 aromatic heterocycles. The number of hydrogen-bond acceptors (Lipinski definition) is 4. The summed E-state index contributed by atoms with van der Waals surface area (Å²) in [6.07, 6.45) is 1.60. The maximum Gasteiger partial charge on any atom is 0.332 e.